The van der Waals surface area contributed by atoms with Crippen LogP contribution < -0.4 is 0 Å². The number of rotatable bonds is 1. The molecule has 2 heterocycles. The minimum absolute atomic E-state index is 0.00232. The lowest BCUT2D eigenvalue weighted by molar-refractivity contribution is -0.118. The highest BCUT2D eigenvalue weighted by Crippen LogP contribution is 2.55. The molecule has 3 heteroatoms. The summed E-state index contributed by atoms with van der Waals surface area (Å²) in [7, 11) is 0. The van der Waals surface area contributed by atoms with Crippen LogP contribution in [0.25, 0.3) is 5.57 Å². The average molecular weight is 298 g/mol. The Labute approximate surface area is 131 Å². The maximum Gasteiger partial charge on any atom is 0.173 e. The molecule has 3 nitrogen and oxygen atoms in total. The van der Waals surface area contributed by atoms with Gasteiger partial charge in [0.25, 0.3) is 0 Å². The highest BCUT2D eigenvalue weighted by atomic mass is 16.5. The summed E-state index contributed by atoms with van der Waals surface area (Å²) in [4.78, 5) is 13.0. The molecule has 0 radical (unpaired) electrons. The first kappa shape index (κ1) is 14.0. The van der Waals surface area contributed by atoms with Crippen LogP contribution in [0.2, 0.25) is 0 Å². The van der Waals surface area contributed by atoms with Gasteiger partial charge in [-0.1, -0.05) is 24.6 Å². The van der Waals surface area contributed by atoms with Gasteiger partial charge in [0.2, 0.25) is 0 Å². The van der Waals surface area contributed by atoms with Crippen molar-refractivity contribution in [2.45, 2.75) is 46.3 Å². The van der Waals surface area contributed by atoms with E-state index in [9.17, 15) is 9.90 Å². The lowest BCUT2D eigenvalue weighted by Gasteiger charge is -2.24. The van der Waals surface area contributed by atoms with Crippen LogP contribution in [0.1, 0.15) is 35.6 Å². The molecule has 1 aromatic rings. The molecule has 116 valence electrons. The molecule has 1 N–H and O–H groups in total. The van der Waals surface area contributed by atoms with E-state index in [0.29, 0.717) is 11.5 Å². The second kappa shape index (κ2) is 4.45. The van der Waals surface area contributed by atoms with E-state index in [2.05, 4.69) is 26.0 Å². The Hall–Kier alpha value is -1.61. The number of Topliss-reactive ketones (excluding diaryl/α,β-unsaturated/α-hetero) is 1. The van der Waals surface area contributed by atoms with E-state index >= 15 is 0 Å². The number of benzene rings is 1. The Morgan fingerprint density at radius 2 is 1.77 bits per heavy atom. The van der Waals surface area contributed by atoms with Gasteiger partial charge in [0.05, 0.1) is 29.6 Å². The third-order valence-electron chi connectivity index (χ3n) is 5.69. The van der Waals surface area contributed by atoms with Gasteiger partial charge in [-0.3, -0.25) is 4.79 Å². The van der Waals surface area contributed by atoms with Gasteiger partial charge in [0.1, 0.15) is 5.76 Å². The molecular weight excluding hydrogens is 276 g/mol. The molecule has 2 fully saturated rings. The van der Waals surface area contributed by atoms with Gasteiger partial charge in [0, 0.05) is 0 Å². The highest BCUT2D eigenvalue weighted by molar-refractivity contribution is 6.26. The maximum absolute atomic E-state index is 13.0. The van der Waals surface area contributed by atoms with Crippen molar-refractivity contribution in [1.29, 1.82) is 0 Å². The summed E-state index contributed by atoms with van der Waals surface area (Å²) in [6, 6.07) is 4.16. The van der Waals surface area contributed by atoms with Crippen molar-refractivity contribution < 1.29 is 14.6 Å². The van der Waals surface area contributed by atoms with Crippen LogP contribution in [-0.2, 0) is 9.53 Å². The molecule has 3 aliphatic rings. The topological polar surface area (TPSA) is 46.5 Å². The molecule has 5 atom stereocenters. The Bertz CT molecular complexity index is 692. The summed E-state index contributed by atoms with van der Waals surface area (Å²) in [6.45, 7) is 8.24. The van der Waals surface area contributed by atoms with Gasteiger partial charge < -0.3 is 9.84 Å². The number of hydrogen-bond donors (Lipinski definition) is 1. The zero-order valence-corrected chi connectivity index (χ0v) is 13.5. The first-order valence-electron chi connectivity index (χ1n) is 8.11. The number of allylic oxidation sites excluding steroid dienone is 1. The van der Waals surface area contributed by atoms with Crippen LogP contribution in [0.5, 0.6) is 0 Å². The number of carbonyl (C=O) groups excluding carboxylic acids is 1. The Morgan fingerprint density at radius 3 is 2.41 bits per heavy atom. The fourth-order valence-corrected chi connectivity index (χ4v) is 4.94. The molecule has 3 unspecified atom stereocenters. The van der Waals surface area contributed by atoms with Crippen molar-refractivity contribution in [2.75, 3.05) is 0 Å². The molecule has 0 aromatic heterocycles. The number of fused-ring (bicyclic) bond motifs is 5. The fraction of sp³-hybridized carbons (Fsp3) is 0.526. The second-order valence-electron chi connectivity index (χ2n) is 7.30. The van der Waals surface area contributed by atoms with Crippen molar-refractivity contribution in [3.8, 4) is 0 Å². The predicted octanol–water partition coefficient (Wildman–Crippen LogP) is 3.50. The van der Waals surface area contributed by atoms with Crippen molar-refractivity contribution in [3.05, 3.63) is 40.1 Å². The molecule has 1 aliphatic carbocycles. The number of aryl methyl sites for hydroxylation is 3. The summed E-state index contributed by atoms with van der Waals surface area (Å²) < 4.78 is 5.94. The van der Waals surface area contributed by atoms with E-state index in [-0.39, 0.29) is 35.6 Å². The van der Waals surface area contributed by atoms with Crippen LogP contribution in [0.15, 0.2) is 17.9 Å². The molecule has 2 saturated heterocycles. The maximum atomic E-state index is 13.0. The molecule has 1 aromatic carbocycles. The number of aliphatic hydroxyl groups is 1. The summed E-state index contributed by atoms with van der Waals surface area (Å²) in [5, 5.41) is 10.8. The molecule has 2 aliphatic heterocycles. The molecule has 22 heavy (non-hydrogen) atoms. The van der Waals surface area contributed by atoms with Gasteiger partial charge in [0.15, 0.2) is 5.78 Å². The number of aliphatic hydroxyl groups excluding tert-OH is 1. The van der Waals surface area contributed by atoms with E-state index in [1.807, 2.05) is 13.8 Å². The van der Waals surface area contributed by atoms with E-state index in [4.69, 9.17) is 4.74 Å². The summed E-state index contributed by atoms with van der Waals surface area (Å²) in [5.41, 5.74) is 4.79. The van der Waals surface area contributed by atoms with E-state index in [1.54, 1.807) is 0 Å². The fourth-order valence-electron chi connectivity index (χ4n) is 4.94. The summed E-state index contributed by atoms with van der Waals surface area (Å²) in [5.74, 6) is 0.467. The third kappa shape index (κ3) is 1.63. The summed E-state index contributed by atoms with van der Waals surface area (Å²) >= 11 is 0. The van der Waals surface area contributed by atoms with Crippen molar-refractivity contribution in [3.63, 3.8) is 0 Å². The smallest absolute Gasteiger partial charge is 0.173 e. The van der Waals surface area contributed by atoms with Crippen LogP contribution in [0.4, 0.5) is 0 Å². The lowest BCUT2D eigenvalue weighted by atomic mass is 9.75. The van der Waals surface area contributed by atoms with Crippen molar-refractivity contribution in [2.24, 2.45) is 17.8 Å². The first-order valence-corrected chi connectivity index (χ1v) is 8.11. The normalized spacial score (nSPS) is 36.4. The third-order valence-corrected chi connectivity index (χ3v) is 5.69. The SMILES string of the molecule is Cc1cc(C)c(C2=C(O)[C@@H]3C4OC(CC4C)[C@@H]3C2=O)c(C)c1. The van der Waals surface area contributed by atoms with Crippen molar-refractivity contribution in [1.82, 2.24) is 0 Å². The molecule has 4 rings (SSSR count). The zero-order chi connectivity index (χ0) is 15.8. The Kier molecular flexibility index (Phi) is 2.83. The minimum Gasteiger partial charge on any atom is -0.511 e. The quantitative estimate of drug-likeness (QED) is 0.863. The average Bonchev–Trinajstić information content (AvgIpc) is 3.03. The Morgan fingerprint density at radius 1 is 1.14 bits per heavy atom. The molecule has 0 amide bonds. The standard InChI is InChI=1S/C19H22O3/c1-8-5-9(2)13(10(3)6-8)15-17(20)14-12-7-11(4)19(22-12)16(14)18(15)21/h5-6,11-12,14,16,19,21H,7H2,1-4H3/t11?,12?,14-,16+,19?/m0/s1. The largest absolute Gasteiger partial charge is 0.511 e. The minimum atomic E-state index is -0.170. The second-order valence-corrected chi connectivity index (χ2v) is 7.30. The first-order chi connectivity index (χ1) is 10.4. The number of ether oxygens (including phenoxy) is 1. The van der Waals surface area contributed by atoms with Crippen LogP contribution in [-0.4, -0.2) is 23.1 Å². The van der Waals surface area contributed by atoms with Gasteiger partial charge >= 0.3 is 0 Å². The van der Waals surface area contributed by atoms with E-state index in [1.165, 1.54) is 5.56 Å². The monoisotopic (exact) mass is 298 g/mol. The molecule has 0 spiro atoms. The zero-order valence-electron chi connectivity index (χ0n) is 13.5. The van der Waals surface area contributed by atoms with Crippen LogP contribution in [0, 0.1) is 38.5 Å². The highest BCUT2D eigenvalue weighted by Gasteiger charge is 2.61. The Balaban J connectivity index is 1.87. The number of carbonyl (C=O) groups is 1. The lowest BCUT2D eigenvalue weighted by Crippen LogP contribution is -2.33. The van der Waals surface area contributed by atoms with E-state index in [0.717, 1.165) is 23.1 Å². The van der Waals surface area contributed by atoms with Gasteiger partial charge in [-0.25, -0.2) is 0 Å². The van der Waals surface area contributed by atoms with Gasteiger partial charge in [-0.05, 0) is 49.8 Å². The number of ketones is 1. The summed E-state index contributed by atoms with van der Waals surface area (Å²) in [6.07, 6.45) is 0.926. The van der Waals surface area contributed by atoms with Crippen molar-refractivity contribution >= 4 is 11.4 Å². The molecular formula is C19H22O3. The van der Waals surface area contributed by atoms with Crippen LogP contribution in [0.3, 0.4) is 0 Å². The predicted molar refractivity (Wildman–Crippen MR) is 84.6 cm³/mol. The van der Waals surface area contributed by atoms with Gasteiger partial charge in [-0.15, -0.1) is 0 Å². The molecule has 0 saturated carbocycles. The van der Waals surface area contributed by atoms with E-state index < -0.39 is 0 Å². The van der Waals surface area contributed by atoms with Crippen LogP contribution >= 0.6 is 0 Å². The number of hydrogen-bond acceptors (Lipinski definition) is 3. The van der Waals surface area contributed by atoms with Gasteiger partial charge in [-0.2, -0.15) is 0 Å². The molecule has 2 bridgehead atoms.